The second-order valence-electron chi connectivity index (χ2n) is 4.91. The van der Waals surface area contributed by atoms with Gasteiger partial charge in [-0.25, -0.2) is 4.79 Å². The Morgan fingerprint density at radius 1 is 1.42 bits per heavy atom. The Morgan fingerprint density at radius 3 is 2.63 bits per heavy atom. The van der Waals surface area contributed by atoms with E-state index in [9.17, 15) is 9.59 Å². The van der Waals surface area contributed by atoms with E-state index in [1.165, 1.54) is 6.07 Å². The molecule has 0 aromatic heterocycles. The zero-order valence-electron chi connectivity index (χ0n) is 10.3. The van der Waals surface area contributed by atoms with Crippen molar-refractivity contribution in [2.75, 3.05) is 5.32 Å². The number of benzene rings is 1. The van der Waals surface area contributed by atoms with Gasteiger partial charge in [0.15, 0.2) is 0 Å². The Bertz CT molecular complexity index is 527. The first-order valence-electron chi connectivity index (χ1n) is 6.02. The number of carbonyl (C=O) groups is 2. The minimum Gasteiger partial charge on any atom is -0.478 e. The molecule has 4 N–H and O–H groups in total. The summed E-state index contributed by atoms with van der Waals surface area (Å²) < 4.78 is 0.542. The molecule has 0 heterocycles. The first-order chi connectivity index (χ1) is 8.91. The van der Waals surface area contributed by atoms with Gasteiger partial charge in [-0.2, -0.15) is 0 Å². The van der Waals surface area contributed by atoms with E-state index in [1.807, 2.05) is 0 Å². The average Bonchev–Trinajstić information content (AvgIpc) is 2.29. The van der Waals surface area contributed by atoms with Crippen LogP contribution in [0.3, 0.4) is 0 Å². The van der Waals surface area contributed by atoms with Crippen molar-refractivity contribution in [3.63, 3.8) is 0 Å². The molecule has 1 aromatic carbocycles. The summed E-state index contributed by atoms with van der Waals surface area (Å²) in [6, 6.07) is 4.74. The molecular formula is C13H15BrN2O3. The van der Waals surface area contributed by atoms with Gasteiger partial charge >= 0.3 is 5.97 Å². The maximum Gasteiger partial charge on any atom is 0.337 e. The quantitative estimate of drug-likeness (QED) is 0.791. The number of halogens is 1. The van der Waals surface area contributed by atoms with Gasteiger partial charge in [-0.15, -0.1) is 0 Å². The number of anilines is 1. The van der Waals surface area contributed by atoms with Crippen LogP contribution in [-0.2, 0) is 4.79 Å². The summed E-state index contributed by atoms with van der Waals surface area (Å²) in [4.78, 5) is 23.1. The molecule has 1 aromatic rings. The molecule has 1 aliphatic rings. The van der Waals surface area contributed by atoms with Crippen LogP contribution in [0.2, 0.25) is 0 Å². The number of nitrogens with one attached hydrogen (secondary N) is 1. The SMILES string of the molecule is NC1(CC(=O)Nc2c(Br)cccc2C(=O)O)CCC1. The van der Waals surface area contributed by atoms with Gasteiger partial charge in [-0.3, -0.25) is 4.79 Å². The van der Waals surface area contributed by atoms with Crippen molar-refractivity contribution >= 4 is 33.5 Å². The molecule has 0 aliphatic heterocycles. The van der Waals surface area contributed by atoms with Crippen molar-refractivity contribution in [1.29, 1.82) is 0 Å². The third kappa shape index (κ3) is 3.13. The second kappa shape index (κ2) is 5.30. The van der Waals surface area contributed by atoms with E-state index < -0.39 is 11.5 Å². The maximum absolute atomic E-state index is 11.9. The highest BCUT2D eigenvalue weighted by atomic mass is 79.9. The van der Waals surface area contributed by atoms with Crippen LogP contribution < -0.4 is 11.1 Å². The molecule has 1 saturated carbocycles. The molecular weight excluding hydrogens is 312 g/mol. The standard InChI is InChI=1S/C13H15BrN2O3/c14-9-4-1-3-8(12(18)19)11(9)16-10(17)7-13(15)5-2-6-13/h1,3-4H,2,5-7,15H2,(H,16,17)(H,18,19). The zero-order valence-corrected chi connectivity index (χ0v) is 11.9. The van der Waals surface area contributed by atoms with Gasteiger partial charge in [0.1, 0.15) is 0 Å². The summed E-state index contributed by atoms with van der Waals surface area (Å²) in [5.74, 6) is -1.33. The second-order valence-corrected chi connectivity index (χ2v) is 5.76. The minimum absolute atomic E-state index is 0.0578. The van der Waals surface area contributed by atoms with Crippen LogP contribution in [0.1, 0.15) is 36.0 Å². The number of para-hydroxylation sites is 1. The molecule has 0 atom stereocenters. The van der Waals surface area contributed by atoms with Crippen molar-refractivity contribution < 1.29 is 14.7 Å². The lowest BCUT2D eigenvalue weighted by Gasteiger charge is -2.37. The van der Waals surface area contributed by atoms with E-state index in [1.54, 1.807) is 12.1 Å². The van der Waals surface area contributed by atoms with Crippen LogP contribution in [0, 0.1) is 0 Å². The normalized spacial score (nSPS) is 16.5. The van der Waals surface area contributed by atoms with Crippen LogP contribution in [0.25, 0.3) is 0 Å². The van der Waals surface area contributed by atoms with Gasteiger partial charge in [0.05, 0.1) is 11.3 Å². The highest BCUT2D eigenvalue weighted by molar-refractivity contribution is 9.10. The third-order valence-electron chi connectivity index (χ3n) is 3.37. The van der Waals surface area contributed by atoms with E-state index in [0.717, 1.165) is 19.3 Å². The highest BCUT2D eigenvalue weighted by Gasteiger charge is 2.34. The minimum atomic E-state index is -1.08. The van der Waals surface area contributed by atoms with Crippen LogP contribution in [0.4, 0.5) is 5.69 Å². The summed E-state index contributed by atoms with van der Waals surface area (Å²) in [6.45, 7) is 0. The van der Waals surface area contributed by atoms with Gasteiger partial charge in [0.25, 0.3) is 0 Å². The smallest absolute Gasteiger partial charge is 0.337 e. The Labute approximate surface area is 119 Å². The molecule has 1 fully saturated rings. The number of aromatic carboxylic acids is 1. The third-order valence-corrected chi connectivity index (χ3v) is 4.03. The van der Waals surface area contributed by atoms with Crippen molar-refractivity contribution in [3.8, 4) is 0 Å². The largest absolute Gasteiger partial charge is 0.478 e. The van der Waals surface area contributed by atoms with E-state index in [4.69, 9.17) is 10.8 Å². The summed E-state index contributed by atoms with van der Waals surface area (Å²) >= 11 is 3.25. The topological polar surface area (TPSA) is 92.4 Å². The summed E-state index contributed by atoms with van der Waals surface area (Å²) in [5, 5.41) is 11.7. The van der Waals surface area contributed by atoms with Crippen LogP contribution in [0.5, 0.6) is 0 Å². The van der Waals surface area contributed by atoms with Crippen molar-refractivity contribution in [3.05, 3.63) is 28.2 Å². The molecule has 0 radical (unpaired) electrons. The van der Waals surface area contributed by atoms with E-state index in [2.05, 4.69) is 21.2 Å². The first-order valence-corrected chi connectivity index (χ1v) is 6.81. The van der Waals surface area contributed by atoms with Gasteiger partial charge in [-0.05, 0) is 47.3 Å². The lowest BCUT2D eigenvalue weighted by molar-refractivity contribution is -0.118. The number of rotatable bonds is 4. The van der Waals surface area contributed by atoms with E-state index >= 15 is 0 Å². The van der Waals surface area contributed by atoms with Gasteiger partial charge < -0.3 is 16.2 Å². The first kappa shape index (κ1) is 14.0. The van der Waals surface area contributed by atoms with E-state index in [0.29, 0.717) is 4.47 Å². The van der Waals surface area contributed by atoms with E-state index in [-0.39, 0.29) is 23.6 Å². The number of carboxylic acids is 1. The highest BCUT2D eigenvalue weighted by Crippen LogP contribution is 2.33. The molecule has 1 amide bonds. The number of amides is 1. The summed E-state index contributed by atoms with van der Waals surface area (Å²) in [6.07, 6.45) is 2.93. The van der Waals surface area contributed by atoms with Gasteiger partial charge in [0.2, 0.25) is 5.91 Å². The fourth-order valence-electron chi connectivity index (χ4n) is 2.14. The number of hydrogen-bond acceptors (Lipinski definition) is 3. The Morgan fingerprint density at radius 2 is 2.11 bits per heavy atom. The molecule has 2 rings (SSSR count). The zero-order chi connectivity index (χ0) is 14.0. The molecule has 5 nitrogen and oxygen atoms in total. The van der Waals surface area contributed by atoms with Crippen LogP contribution in [0.15, 0.2) is 22.7 Å². The molecule has 19 heavy (non-hydrogen) atoms. The molecule has 6 heteroatoms. The molecule has 0 bridgehead atoms. The predicted octanol–water partition coefficient (Wildman–Crippen LogP) is 2.36. The monoisotopic (exact) mass is 326 g/mol. The van der Waals surface area contributed by atoms with Crippen LogP contribution >= 0.6 is 15.9 Å². The molecule has 0 spiro atoms. The summed E-state index contributed by atoms with van der Waals surface area (Å²) in [5.41, 5.74) is 5.92. The average molecular weight is 327 g/mol. The number of hydrogen-bond donors (Lipinski definition) is 3. The van der Waals surface area contributed by atoms with Gasteiger partial charge in [-0.1, -0.05) is 6.07 Å². The van der Waals surface area contributed by atoms with Crippen molar-refractivity contribution in [2.24, 2.45) is 5.73 Å². The lowest BCUT2D eigenvalue weighted by Crippen LogP contribution is -2.49. The lowest BCUT2D eigenvalue weighted by atomic mass is 9.75. The Kier molecular flexibility index (Phi) is 3.91. The fourth-order valence-corrected chi connectivity index (χ4v) is 2.61. The molecule has 1 aliphatic carbocycles. The Hall–Kier alpha value is -1.40. The fraction of sp³-hybridized carbons (Fsp3) is 0.385. The van der Waals surface area contributed by atoms with Gasteiger partial charge in [0, 0.05) is 16.4 Å². The number of carbonyl (C=O) groups excluding carboxylic acids is 1. The predicted molar refractivity (Wildman–Crippen MR) is 75.1 cm³/mol. The number of nitrogens with two attached hydrogens (primary N) is 1. The summed E-state index contributed by atoms with van der Waals surface area (Å²) in [7, 11) is 0. The number of carboxylic acid groups (broad SMARTS) is 1. The molecule has 0 saturated heterocycles. The Balaban J connectivity index is 2.14. The van der Waals surface area contributed by atoms with Crippen LogP contribution in [-0.4, -0.2) is 22.5 Å². The van der Waals surface area contributed by atoms with Crippen molar-refractivity contribution in [1.82, 2.24) is 0 Å². The molecule has 0 unspecified atom stereocenters. The molecule has 102 valence electrons. The maximum atomic E-state index is 11.9. The van der Waals surface area contributed by atoms with Crippen molar-refractivity contribution in [2.45, 2.75) is 31.2 Å².